The SMILES string of the molecule is Cc1ccc(C2N(c3ccc(Cl)cc3)C=CN2N2CCN(C)CC2)c(C)c1. The first-order chi connectivity index (χ1) is 13.0. The van der Waals surface area contributed by atoms with Gasteiger partial charge in [-0.3, -0.25) is 5.01 Å². The van der Waals surface area contributed by atoms with Gasteiger partial charge in [-0.2, -0.15) is 0 Å². The zero-order valence-corrected chi connectivity index (χ0v) is 17.0. The molecule has 2 aliphatic rings. The van der Waals surface area contributed by atoms with Crippen molar-refractivity contribution in [3.8, 4) is 0 Å². The van der Waals surface area contributed by atoms with Crippen molar-refractivity contribution >= 4 is 17.3 Å². The Bertz CT molecular complexity index is 825. The molecule has 0 saturated carbocycles. The smallest absolute Gasteiger partial charge is 0.146 e. The number of hydrogen-bond acceptors (Lipinski definition) is 4. The fourth-order valence-corrected chi connectivity index (χ4v) is 4.08. The van der Waals surface area contributed by atoms with Crippen molar-refractivity contribution in [2.24, 2.45) is 0 Å². The quantitative estimate of drug-likeness (QED) is 0.779. The van der Waals surface area contributed by atoms with Crippen molar-refractivity contribution in [3.63, 3.8) is 0 Å². The molecule has 0 amide bonds. The van der Waals surface area contributed by atoms with E-state index >= 15 is 0 Å². The lowest BCUT2D eigenvalue weighted by molar-refractivity contribution is -0.0375. The highest BCUT2D eigenvalue weighted by Crippen LogP contribution is 2.38. The van der Waals surface area contributed by atoms with Crippen molar-refractivity contribution in [2.75, 3.05) is 38.1 Å². The van der Waals surface area contributed by atoms with Crippen molar-refractivity contribution in [1.82, 2.24) is 14.9 Å². The summed E-state index contributed by atoms with van der Waals surface area (Å²) in [5.74, 6) is 0. The van der Waals surface area contributed by atoms with Crippen LogP contribution in [0.2, 0.25) is 5.02 Å². The summed E-state index contributed by atoms with van der Waals surface area (Å²) >= 11 is 6.12. The van der Waals surface area contributed by atoms with Crippen molar-refractivity contribution in [3.05, 3.63) is 76.6 Å². The van der Waals surface area contributed by atoms with E-state index in [1.54, 1.807) is 0 Å². The standard InChI is InChI=1S/C22H27ClN4/c1-17-4-9-21(18(2)16-17)22-26(20-7-5-19(23)6-8-20)14-15-27(22)25-12-10-24(3)11-13-25/h4-9,14-16,22H,10-13H2,1-3H3. The fraction of sp³-hybridized carbons (Fsp3) is 0.364. The summed E-state index contributed by atoms with van der Waals surface area (Å²) in [5.41, 5.74) is 5.10. The molecule has 4 rings (SSSR count). The molecule has 0 aliphatic carbocycles. The minimum Gasteiger partial charge on any atom is -0.320 e. The molecule has 27 heavy (non-hydrogen) atoms. The second-order valence-corrected chi connectivity index (χ2v) is 7.99. The van der Waals surface area contributed by atoms with Gasteiger partial charge in [-0.1, -0.05) is 35.4 Å². The van der Waals surface area contributed by atoms with Gasteiger partial charge in [-0.05, 0) is 56.3 Å². The van der Waals surface area contributed by atoms with Gasteiger partial charge in [0.2, 0.25) is 0 Å². The first-order valence-corrected chi connectivity index (χ1v) is 9.92. The van der Waals surface area contributed by atoms with E-state index < -0.39 is 0 Å². The number of nitrogens with zero attached hydrogens (tertiary/aromatic N) is 4. The van der Waals surface area contributed by atoms with Crippen LogP contribution in [0.4, 0.5) is 5.69 Å². The lowest BCUT2D eigenvalue weighted by atomic mass is 10.0. The molecule has 4 nitrogen and oxygen atoms in total. The van der Waals surface area contributed by atoms with Gasteiger partial charge < -0.3 is 9.80 Å². The van der Waals surface area contributed by atoms with Crippen LogP contribution in [0.3, 0.4) is 0 Å². The third kappa shape index (κ3) is 3.70. The fourth-order valence-electron chi connectivity index (χ4n) is 3.95. The van der Waals surface area contributed by atoms with Gasteiger partial charge in [-0.15, -0.1) is 0 Å². The number of hydrogen-bond donors (Lipinski definition) is 0. The Morgan fingerprint density at radius 3 is 2.26 bits per heavy atom. The summed E-state index contributed by atoms with van der Waals surface area (Å²) in [6.07, 6.45) is 4.52. The summed E-state index contributed by atoms with van der Waals surface area (Å²) < 4.78 is 0. The Labute approximate surface area is 167 Å². The molecule has 1 unspecified atom stereocenters. The minimum atomic E-state index is 0.121. The number of rotatable bonds is 3. The number of anilines is 1. The molecule has 5 heteroatoms. The lowest BCUT2D eigenvalue weighted by Crippen LogP contribution is -2.52. The van der Waals surface area contributed by atoms with E-state index in [1.165, 1.54) is 16.7 Å². The molecule has 0 aromatic heterocycles. The van der Waals surface area contributed by atoms with E-state index in [1.807, 2.05) is 12.1 Å². The molecule has 2 aromatic carbocycles. The van der Waals surface area contributed by atoms with E-state index in [4.69, 9.17) is 11.6 Å². The van der Waals surface area contributed by atoms with Gasteiger partial charge in [0.05, 0.1) is 0 Å². The van der Waals surface area contributed by atoms with Crippen LogP contribution < -0.4 is 4.90 Å². The second-order valence-electron chi connectivity index (χ2n) is 7.55. The molecular weight excluding hydrogens is 356 g/mol. The van der Waals surface area contributed by atoms with Crippen molar-refractivity contribution in [2.45, 2.75) is 20.0 Å². The highest BCUT2D eigenvalue weighted by Gasteiger charge is 2.34. The Morgan fingerprint density at radius 1 is 0.889 bits per heavy atom. The zero-order valence-electron chi connectivity index (χ0n) is 16.3. The number of piperazine rings is 1. The Balaban J connectivity index is 1.71. The summed E-state index contributed by atoms with van der Waals surface area (Å²) in [4.78, 5) is 4.73. The molecule has 2 aliphatic heterocycles. The molecular formula is C22H27ClN4. The van der Waals surface area contributed by atoms with E-state index in [9.17, 15) is 0 Å². The molecule has 0 N–H and O–H groups in total. The average molecular weight is 383 g/mol. The first-order valence-electron chi connectivity index (χ1n) is 9.54. The van der Waals surface area contributed by atoms with Crippen LogP contribution in [0.1, 0.15) is 22.9 Å². The number of hydrazine groups is 1. The van der Waals surface area contributed by atoms with Crippen LogP contribution in [0.25, 0.3) is 0 Å². The highest BCUT2D eigenvalue weighted by molar-refractivity contribution is 6.30. The highest BCUT2D eigenvalue weighted by atomic mass is 35.5. The molecule has 1 saturated heterocycles. The molecule has 0 bridgehead atoms. The maximum atomic E-state index is 6.12. The van der Waals surface area contributed by atoms with Gasteiger partial charge in [0.25, 0.3) is 0 Å². The maximum Gasteiger partial charge on any atom is 0.146 e. The van der Waals surface area contributed by atoms with Crippen LogP contribution in [-0.4, -0.2) is 48.1 Å². The Hall–Kier alpha value is -2.01. The Morgan fingerprint density at radius 2 is 1.59 bits per heavy atom. The van der Waals surface area contributed by atoms with Gasteiger partial charge in [0, 0.05) is 49.3 Å². The van der Waals surface area contributed by atoms with Crippen molar-refractivity contribution < 1.29 is 0 Å². The van der Waals surface area contributed by atoms with Crippen LogP contribution in [0, 0.1) is 13.8 Å². The predicted octanol–water partition coefficient (Wildman–Crippen LogP) is 4.41. The first kappa shape index (κ1) is 18.4. The molecule has 2 aromatic rings. The van der Waals surface area contributed by atoms with E-state index in [-0.39, 0.29) is 6.17 Å². The molecule has 1 atom stereocenters. The lowest BCUT2D eigenvalue weighted by Gasteiger charge is -2.43. The summed E-state index contributed by atoms with van der Waals surface area (Å²) in [6.45, 7) is 8.62. The second kappa shape index (κ2) is 7.55. The minimum absolute atomic E-state index is 0.121. The van der Waals surface area contributed by atoms with Gasteiger partial charge in [-0.25, -0.2) is 5.01 Å². The average Bonchev–Trinajstić information content (AvgIpc) is 3.08. The largest absolute Gasteiger partial charge is 0.320 e. The van der Waals surface area contributed by atoms with Crippen LogP contribution in [-0.2, 0) is 0 Å². The topological polar surface area (TPSA) is 13.0 Å². The van der Waals surface area contributed by atoms with Gasteiger partial charge in [0.15, 0.2) is 0 Å². The van der Waals surface area contributed by atoms with Crippen LogP contribution in [0.15, 0.2) is 54.9 Å². The number of likely N-dealkylation sites (N-methyl/N-ethyl adjacent to an activating group) is 1. The van der Waals surface area contributed by atoms with Gasteiger partial charge >= 0.3 is 0 Å². The normalized spacial score (nSPS) is 21.3. The predicted molar refractivity (Wildman–Crippen MR) is 113 cm³/mol. The van der Waals surface area contributed by atoms with E-state index in [2.05, 4.69) is 83.4 Å². The number of benzene rings is 2. The number of halogens is 1. The van der Waals surface area contributed by atoms with Gasteiger partial charge in [0.1, 0.15) is 6.17 Å². The summed E-state index contributed by atoms with van der Waals surface area (Å²) in [6, 6.07) is 14.9. The van der Waals surface area contributed by atoms with E-state index in [0.29, 0.717) is 0 Å². The monoisotopic (exact) mass is 382 g/mol. The maximum absolute atomic E-state index is 6.12. The third-order valence-electron chi connectivity index (χ3n) is 5.53. The van der Waals surface area contributed by atoms with Crippen molar-refractivity contribution in [1.29, 1.82) is 0 Å². The van der Waals surface area contributed by atoms with E-state index in [0.717, 1.165) is 36.9 Å². The van der Waals surface area contributed by atoms with Crippen LogP contribution in [0.5, 0.6) is 0 Å². The molecule has 0 radical (unpaired) electrons. The third-order valence-corrected chi connectivity index (χ3v) is 5.78. The Kier molecular flexibility index (Phi) is 5.13. The molecule has 2 heterocycles. The molecule has 142 valence electrons. The number of aryl methyl sites for hydroxylation is 2. The molecule has 0 spiro atoms. The summed E-state index contributed by atoms with van der Waals surface area (Å²) in [5, 5.41) is 5.64. The molecule has 1 fully saturated rings. The zero-order chi connectivity index (χ0) is 19.0. The van der Waals surface area contributed by atoms with Crippen LogP contribution >= 0.6 is 11.6 Å². The summed E-state index contributed by atoms with van der Waals surface area (Å²) in [7, 11) is 2.19.